The first-order valence-electron chi connectivity index (χ1n) is 5.36. The Hall–Kier alpha value is -1.95. The molecule has 1 aromatic carbocycles. The van der Waals surface area contributed by atoms with Gasteiger partial charge in [-0.05, 0) is 38.5 Å². The number of nitro groups is 1. The molecule has 0 saturated heterocycles. The van der Waals surface area contributed by atoms with Gasteiger partial charge in [-0.2, -0.15) is 0 Å². The fourth-order valence-corrected chi connectivity index (χ4v) is 1.27. The van der Waals surface area contributed by atoms with Gasteiger partial charge in [0.2, 0.25) is 0 Å². The number of benzene rings is 1. The average Bonchev–Trinajstić information content (AvgIpc) is 2.26. The van der Waals surface area contributed by atoms with Crippen molar-refractivity contribution in [3.05, 3.63) is 39.9 Å². The molecular formula is C12H15NO5. The van der Waals surface area contributed by atoms with Crippen molar-refractivity contribution < 1.29 is 19.6 Å². The molecule has 0 fully saturated rings. The lowest BCUT2D eigenvalue weighted by Gasteiger charge is -2.21. The van der Waals surface area contributed by atoms with Crippen LogP contribution in [0.4, 0.5) is 5.69 Å². The largest absolute Gasteiger partial charge is 0.458 e. The first-order chi connectivity index (χ1) is 8.20. The second-order valence-corrected chi connectivity index (χ2v) is 4.78. The first kappa shape index (κ1) is 14.1. The zero-order valence-electron chi connectivity index (χ0n) is 10.4. The predicted octanol–water partition coefficient (Wildman–Crippen LogP) is 1.97. The molecule has 98 valence electrons. The van der Waals surface area contributed by atoms with Crippen molar-refractivity contribution in [3.63, 3.8) is 0 Å². The van der Waals surface area contributed by atoms with Gasteiger partial charge < -0.3 is 9.84 Å². The average molecular weight is 253 g/mol. The lowest BCUT2D eigenvalue weighted by Crippen LogP contribution is -2.27. The number of nitro benzene ring substituents is 1. The quantitative estimate of drug-likeness (QED) is 0.505. The molecule has 0 saturated carbocycles. The molecule has 0 aliphatic carbocycles. The zero-order valence-corrected chi connectivity index (χ0v) is 10.4. The third-order valence-electron chi connectivity index (χ3n) is 2.05. The molecule has 1 rings (SSSR count). The Kier molecular flexibility index (Phi) is 4.03. The topological polar surface area (TPSA) is 89.7 Å². The lowest BCUT2D eigenvalue weighted by molar-refractivity contribution is -0.384. The molecule has 1 unspecified atom stereocenters. The number of carbonyl (C=O) groups is 1. The van der Waals surface area contributed by atoms with E-state index in [1.807, 2.05) is 0 Å². The Morgan fingerprint density at radius 3 is 2.22 bits per heavy atom. The van der Waals surface area contributed by atoms with Crippen molar-refractivity contribution in [1.29, 1.82) is 0 Å². The van der Waals surface area contributed by atoms with Gasteiger partial charge in [0.15, 0.2) is 6.10 Å². The molecule has 1 atom stereocenters. The minimum absolute atomic E-state index is 0.102. The van der Waals surface area contributed by atoms with Crippen molar-refractivity contribution in [1.82, 2.24) is 0 Å². The maximum atomic E-state index is 11.6. The van der Waals surface area contributed by atoms with Gasteiger partial charge in [-0.1, -0.05) is 0 Å². The SMILES string of the molecule is CC(C)(C)OC(=O)C(O)c1ccc([N+](=O)[O-])cc1. The Bertz CT molecular complexity index is 447. The number of esters is 1. The number of rotatable bonds is 3. The van der Waals surface area contributed by atoms with Gasteiger partial charge >= 0.3 is 5.97 Å². The lowest BCUT2D eigenvalue weighted by atomic mass is 10.1. The van der Waals surface area contributed by atoms with Crippen molar-refractivity contribution in [3.8, 4) is 0 Å². The molecule has 6 nitrogen and oxygen atoms in total. The van der Waals surface area contributed by atoms with E-state index in [0.717, 1.165) is 0 Å². The maximum absolute atomic E-state index is 11.6. The van der Waals surface area contributed by atoms with Crippen LogP contribution in [0.5, 0.6) is 0 Å². The molecule has 0 radical (unpaired) electrons. The van der Waals surface area contributed by atoms with Crippen LogP contribution in [0.15, 0.2) is 24.3 Å². The second kappa shape index (κ2) is 5.14. The summed E-state index contributed by atoms with van der Waals surface area (Å²) in [4.78, 5) is 21.5. The number of hydrogen-bond donors (Lipinski definition) is 1. The summed E-state index contributed by atoms with van der Waals surface area (Å²) in [6, 6.07) is 5.10. The van der Waals surface area contributed by atoms with E-state index >= 15 is 0 Å². The van der Waals surface area contributed by atoms with Crippen LogP contribution >= 0.6 is 0 Å². The van der Waals surface area contributed by atoms with E-state index in [0.29, 0.717) is 0 Å². The van der Waals surface area contributed by atoms with Crippen LogP contribution in [0.2, 0.25) is 0 Å². The highest BCUT2D eigenvalue weighted by Gasteiger charge is 2.24. The van der Waals surface area contributed by atoms with E-state index in [9.17, 15) is 20.0 Å². The molecule has 0 aromatic heterocycles. The summed E-state index contributed by atoms with van der Waals surface area (Å²) in [5.41, 5.74) is -0.538. The van der Waals surface area contributed by atoms with Crippen LogP contribution in [0.25, 0.3) is 0 Å². The van der Waals surface area contributed by atoms with Crippen LogP contribution < -0.4 is 0 Å². The molecule has 0 aliphatic heterocycles. The summed E-state index contributed by atoms with van der Waals surface area (Å²) in [5.74, 6) is -0.781. The molecule has 18 heavy (non-hydrogen) atoms. The van der Waals surface area contributed by atoms with E-state index < -0.39 is 22.6 Å². The number of non-ortho nitro benzene ring substituents is 1. The standard InChI is InChI=1S/C12H15NO5/c1-12(2,3)18-11(15)10(14)8-4-6-9(7-5-8)13(16)17/h4-7,10,14H,1-3H3. The number of nitrogens with zero attached hydrogens (tertiary/aromatic N) is 1. The van der Waals surface area contributed by atoms with Crippen LogP contribution in [-0.4, -0.2) is 21.6 Å². The number of aliphatic hydroxyl groups is 1. The second-order valence-electron chi connectivity index (χ2n) is 4.78. The highest BCUT2D eigenvalue weighted by molar-refractivity contribution is 5.76. The molecule has 0 amide bonds. The zero-order chi connectivity index (χ0) is 13.9. The summed E-state index contributed by atoms with van der Waals surface area (Å²) >= 11 is 0. The molecule has 1 N–H and O–H groups in total. The number of hydrogen-bond acceptors (Lipinski definition) is 5. The summed E-state index contributed by atoms with van der Waals surface area (Å²) in [5, 5.41) is 20.2. The molecule has 0 bridgehead atoms. The minimum Gasteiger partial charge on any atom is -0.458 e. The Morgan fingerprint density at radius 1 is 1.33 bits per heavy atom. The van der Waals surface area contributed by atoms with Crippen LogP contribution in [-0.2, 0) is 9.53 Å². The van der Waals surface area contributed by atoms with Crippen molar-refractivity contribution in [2.45, 2.75) is 32.5 Å². The normalized spacial score (nSPS) is 12.9. The molecule has 1 aromatic rings. The summed E-state index contributed by atoms with van der Waals surface area (Å²) in [6.45, 7) is 5.06. The van der Waals surface area contributed by atoms with Gasteiger partial charge in [-0.3, -0.25) is 10.1 Å². The van der Waals surface area contributed by atoms with Gasteiger partial charge in [-0.15, -0.1) is 0 Å². The molecule has 0 aliphatic rings. The van der Waals surface area contributed by atoms with E-state index in [4.69, 9.17) is 4.74 Å². The van der Waals surface area contributed by atoms with Gasteiger partial charge in [0.05, 0.1) is 4.92 Å². The summed E-state index contributed by atoms with van der Waals surface area (Å²) in [7, 11) is 0. The Balaban J connectivity index is 2.81. The third kappa shape index (κ3) is 3.81. The predicted molar refractivity (Wildman–Crippen MR) is 63.9 cm³/mol. The van der Waals surface area contributed by atoms with E-state index in [1.165, 1.54) is 24.3 Å². The van der Waals surface area contributed by atoms with E-state index in [1.54, 1.807) is 20.8 Å². The van der Waals surface area contributed by atoms with Crippen molar-refractivity contribution in [2.24, 2.45) is 0 Å². The third-order valence-corrected chi connectivity index (χ3v) is 2.05. The van der Waals surface area contributed by atoms with Crippen LogP contribution in [0.3, 0.4) is 0 Å². The van der Waals surface area contributed by atoms with Crippen LogP contribution in [0, 0.1) is 10.1 Å². The minimum atomic E-state index is -1.44. The number of aliphatic hydroxyl groups excluding tert-OH is 1. The summed E-state index contributed by atoms with van der Waals surface area (Å²) < 4.78 is 5.01. The number of carbonyl (C=O) groups excluding carboxylic acids is 1. The Morgan fingerprint density at radius 2 is 1.83 bits per heavy atom. The van der Waals surface area contributed by atoms with Crippen molar-refractivity contribution >= 4 is 11.7 Å². The van der Waals surface area contributed by atoms with E-state index in [2.05, 4.69) is 0 Å². The van der Waals surface area contributed by atoms with Gasteiger partial charge in [0.1, 0.15) is 5.60 Å². The van der Waals surface area contributed by atoms with Crippen LogP contribution in [0.1, 0.15) is 32.4 Å². The Labute approximate surface area is 104 Å². The maximum Gasteiger partial charge on any atom is 0.340 e. The fourth-order valence-electron chi connectivity index (χ4n) is 1.27. The number of ether oxygens (including phenoxy) is 1. The molecular weight excluding hydrogens is 238 g/mol. The highest BCUT2D eigenvalue weighted by atomic mass is 16.6. The monoisotopic (exact) mass is 253 g/mol. The van der Waals surface area contributed by atoms with Gasteiger partial charge in [0.25, 0.3) is 5.69 Å². The van der Waals surface area contributed by atoms with Gasteiger partial charge in [0, 0.05) is 12.1 Å². The fraction of sp³-hybridized carbons (Fsp3) is 0.417. The smallest absolute Gasteiger partial charge is 0.340 e. The van der Waals surface area contributed by atoms with E-state index in [-0.39, 0.29) is 11.3 Å². The molecule has 6 heteroatoms. The molecule has 0 heterocycles. The van der Waals surface area contributed by atoms with Gasteiger partial charge in [-0.25, -0.2) is 4.79 Å². The molecule has 0 spiro atoms. The first-order valence-corrected chi connectivity index (χ1v) is 5.36. The summed E-state index contributed by atoms with van der Waals surface area (Å²) in [6.07, 6.45) is -1.44. The van der Waals surface area contributed by atoms with Crippen molar-refractivity contribution in [2.75, 3.05) is 0 Å². The highest BCUT2D eigenvalue weighted by Crippen LogP contribution is 2.20.